The molecule has 0 fully saturated rings. The van der Waals surface area contributed by atoms with Crippen LogP contribution in [0.1, 0.15) is 45.0 Å². The summed E-state index contributed by atoms with van der Waals surface area (Å²) in [4.78, 5) is 1.39. The lowest BCUT2D eigenvalue weighted by molar-refractivity contribution is 0.00785. The fourth-order valence-electron chi connectivity index (χ4n) is 1.93. The summed E-state index contributed by atoms with van der Waals surface area (Å²) < 4.78 is 5.44. The Bertz CT molecular complexity index is 295. The van der Waals surface area contributed by atoms with Crippen LogP contribution in [0.4, 0.5) is 0 Å². The molecule has 0 radical (unpaired) electrons. The minimum atomic E-state index is -0.0540. The van der Waals surface area contributed by atoms with E-state index in [-0.39, 0.29) is 5.60 Å². The molecular weight excluding hydrogens is 218 g/mol. The molecule has 2 atom stereocenters. The fraction of sp³-hybridized carbons (Fsp3) is 0.692. The second-order valence-corrected chi connectivity index (χ2v) is 5.95. The smallest absolute Gasteiger partial charge is 0.0637 e. The highest BCUT2D eigenvalue weighted by molar-refractivity contribution is 7.10. The Kier molecular flexibility index (Phi) is 4.96. The summed E-state index contributed by atoms with van der Waals surface area (Å²) in [5, 5.41) is 5.73. The third-order valence-corrected chi connectivity index (χ3v) is 3.91. The van der Waals surface area contributed by atoms with Gasteiger partial charge in [0.2, 0.25) is 0 Å². The van der Waals surface area contributed by atoms with Crippen molar-refractivity contribution < 1.29 is 4.74 Å². The van der Waals surface area contributed by atoms with E-state index in [0.717, 1.165) is 6.42 Å². The maximum absolute atomic E-state index is 5.44. The van der Waals surface area contributed by atoms with Crippen molar-refractivity contribution in [1.29, 1.82) is 0 Å². The lowest BCUT2D eigenvalue weighted by atomic mass is 9.99. The minimum Gasteiger partial charge on any atom is -0.379 e. The Morgan fingerprint density at radius 1 is 1.44 bits per heavy atom. The molecule has 3 heteroatoms. The third kappa shape index (κ3) is 4.24. The molecule has 2 nitrogen and oxygen atoms in total. The molecule has 1 aromatic heterocycles. The molecule has 0 amide bonds. The van der Waals surface area contributed by atoms with Crippen LogP contribution in [-0.2, 0) is 4.74 Å². The third-order valence-electron chi connectivity index (χ3n) is 2.85. The predicted molar refractivity (Wildman–Crippen MR) is 71.0 cm³/mol. The molecule has 0 aromatic carbocycles. The molecule has 1 unspecified atom stereocenters. The van der Waals surface area contributed by atoms with E-state index in [0.29, 0.717) is 12.1 Å². The molecule has 1 rings (SSSR count). The number of methoxy groups -OCH3 is 1. The van der Waals surface area contributed by atoms with Crippen LogP contribution < -0.4 is 5.32 Å². The van der Waals surface area contributed by atoms with Crippen LogP contribution in [0.25, 0.3) is 0 Å². The van der Waals surface area contributed by atoms with E-state index >= 15 is 0 Å². The maximum atomic E-state index is 5.44. The number of thiophene rings is 1. The van der Waals surface area contributed by atoms with Crippen LogP contribution in [0.2, 0.25) is 0 Å². The zero-order valence-electron chi connectivity index (χ0n) is 10.9. The van der Waals surface area contributed by atoms with Crippen molar-refractivity contribution in [2.45, 2.75) is 51.8 Å². The van der Waals surface area contributed by atoms with Crippen LogP contribution in [0, 0.1) is 0 Å². The maximum Gasteiger partial charge on any atom is 0.0637 e. The Morgan fingerprint density at radius 3 is 2.62 bits per heavy atom. The largest absolute Gasteiger partial charge is 0.379 e. The summed E-state index contributed by atoms with van der Waals surface area (Å²) in [5.41, 5.74) is -0.0540. The van der Waals surface area contributed by atoms with Gasteiger partial charge in [0.15, 0.2) is 0 Å². The van der Waals surface area contributed by atoms with Gasteiger partial charge in [-0.2, -0.15) is 0 Å². The van der Waals surface area contributed by atoms with E-state index in [4.69, 9.17) is 4.74 Å². The normalized spacial score (nSPS) is 16.1. The average Bonchev–Trinajstić information content (AvgIpc) is 2.69. The number of nitrogens with one attached hydrogen (secondary N) is 1. The van der Waals surface area contributed by atoms with Gasteiger partial charge in [0.25, 0.3) is 0 Å². The first kappa shape index (κ1) is 13.7. The predicted octanol–water partition coefficient (Wildman–Crippen LogP) is 3.60. The van der Waals surface area contributed by atoms with Gasteiger partial charge in [-0.15, -0.1) is 11.3 Å². The van der Waals surface area contributed by atoms with E-state index < -0.39 is 0 Å². The molecule has 0 saturated heterocycles. The van der Waals surface area contributed by atoms with Gasteiger partial charge in [0, 0.05) is 24.1 Å². The van der Waals surface area contributed by atoms with Gasteiger partial charge in [-0.3, -0.25) is 0 Å². The summed E-state index contributed by atoms with van der Waals surface area (Å²) >= 11 is 1.80. The van der Waals surface area contributed by atoms with E-state index in [1.54, 1.807) is 18.4 Å². The van der Waals surface area contributed by atoms with E-state index in [1.807, 2.05) is 0 Å². The van der Waals surface area contributed by atoms with E-state index in [1.165, 1.54) is 4.88 Å². The zero-order chi connectivity index (χ0) is 12.2. The second kappa shape index (κ2) is 5.80. The SMILES string of the molecule is COC(C)(C)CC(C)N[C@@H](C)c1cccs1. The first-order valence-electron chi connectivity index (χ1n) is 5.79. The molecule has 0 saturated carbocycles. The lowest BCUT2D eigenvalue weighted by Gasteiger charge is -2.28. The molecule has 1 aromatic rings. The van der Waals surface area contributed by atoms with Crippen molar-refractivity contribution >= 4 is 11.3 Å². The molecule has 16 heavy (non-hydrogen) atoms. The van der Waals surface area contributed by atoms with Crippen molar-refractivity contribution in [3.63, 3.8) is 0 Å². The van der Waals surface area contributed by atoms with Gasteiger partial charge in [-0.05, 0) is 45.6 Å². The molecular formula is C13H23NOS. The number of ether oxygens (including phenoxy) is 1. The Morgan fingerprint density at radius 2 is 2.12 bits per heavy atom. The quantitative estimate of drug-likeness (QED) is 0.821. The van der Waals surface area contributed by atoms with Gasteiger partial charge in [-0.1, -0.05) is 6.07 Å². The summed E-state index contributed by atoms with van der Waals surface area (Å²) in [5.74, 6) is 0. The monoisotopic (exact) mass is 241 g/mol. The Hall–Kier alpha value is -0.380. The molecule has 0 aliphatic rings. The van der Waals surface area contributed by atoms with Crippen molar-refractivity contribution in [3.8, 4) is 0 Å². The highest BCUT2D eigenvalue weighted by Gasteiger charge is 2.21. The van der Waals surface area contributed by atoms with Gasteiger partial charge < -0.3 is 10.1 Å². The van der Waals surface area contributed by atoms with Crippen molar-refractivity contribution in [2.24, 2.45) is 0 Å². The van der Waals surface area contributed by atoms with Crippen molar-refractivity contribution in [1.82, 2.24) is 5.32 Å². The lowest BCUT2D eigenvalue weighted by Crippen LogP contribution is -2.36. The van der Waals surface area contributed by atoms with E-state index in [2.05, 4.69) is 50.5 Å². The van der Waals surface area contributed by atoms with Crippen LogP contribution in [0.15, 0.2) is 17.5 Å². The molecule has 92 valence electrons. The zero-order valence-corrected chi connectivity index (χ0v) is 11.7. The summed E-state index contributed by atoms with van der Waals surface area (Å²) in [7, 11) is 1.77. The van der Waals surface area contributed by atoms with Crippen LogP contribution in [0.3, 0.4) is 0 Å². The van der Waals surface area contributed by atoms with E-state index in [9.17, 15) is 0 Å². The van der Waals surface area contributed by atoms with Gasteiger partial charge >= 0.3 is 0 Å². The fourth-order valence-corrected chi connectivity index (χ4v) is 2.67. The molecule has 0 aliphatic heterocycles. The number of hydrogen-bond donors (Lipinski definition) is 1. The Labute approximate surface area is 103 Å². The first-order chi connectivity index (χ1) is 7.44. The minimum absolute atomic E-state index is 0.0540. The molecule has 0 spiro atoms. The van der Waals surface area contributed by atoms with Crippen LogP contribution in [-0.4, -0.2) is 18.8 Å². The summed E-state index contributed by atoms with van der Waals surface area (Å²) in [6.07, 6.45) is 1.01. The topological polar surface area (TPSA) is 21.3 Å². The molecule has 0 aliphatic carbocycles. The Balaban J connectivity index is 2.43. The van der Waals surface area contributed by atoms with Crippen molar-refractivity contribution in [3.05, 3.63) is 22.4 Å². The number of rotatable bonds is 6. The summed E-state index contributed by atoms with van der Waals surface area (Å²) in [6.45, 7) is 8.68. The first-order valence-corrected chi connectivity index (χ1v) is 6.67. The van der Waals surface area contributed by atoms with Crippen LogP contribution >= 0.6 is 11.3 Å². The average molecular weight is 241 g/mol. The standard InChI is InChI=1S/C13H23NOS/c1-10(9-13(3,4)15-5)14-11(2)12-7-6-8-16-12/h6-8,10-11,14H,9H2,1-5H3/t10?,11-/m0/s1. The second-order valence-electron chi connectivity index (χ2n) is 4.97. The highest BCUT2D eigenvalue weighted by atomic mass is 32.1. The van der Waals surface area contributed by atoms with Crippen LogP contribution in [0.5, 0.6) is 0 Å². The molecule has 1 N–H and O–H groups in total. The van der Waals surface area contributed by atoms with Crippen molar-refractivity contribution in [2.75, 3.05) is 7.11 Å². The molecule has 1 heterocycles. The summed E-state index contributed by atoms with van der Waals surface area (Å²) in [6, 6.07) is 5.15. The van der Waals surface area contributed by atoms with Gasteiger partial charge in [0.05, 0.1) is 5.60 Å². The van der Waals surface area contributed by atoms with Gasteiger partial charge in [-0.25, -0.2) is 0 Å². The molecule has 0 bridgehead atoms. The highest BCUT2D eigenvalue weighted by Crippen LogP contribution is 2.21. The number of hydrogen-bond acceptors (Lipinski definition) is 3. The van der Waals surface area contributed by atoms with Gasteiger partial charge in [0.1, 0.15) is 0 Å².